The van der Waals surface area contributed by atoms with Crippen molar-refractivity contribution in [3.05, 3.63) is 22.7 Å². The summed E-state index contributed by atoms with van der Waals surface area (Å²) >= 11 is 6.26. The summed E-state index contributed by atoms with van der Waals surface area (Å²) in [6, 6.07) is 4.25. The van der Waals surface area contributed by atoms with E-state index in [0.717, 1.165) is 12.1 Å². The number of primary amides is 1. The highest BCUT2D eigenvalue weighted by molar-refractivity contribution is 6.32. The standard InChI is InChI=1S/C17H25ClN2O3/c1-11-5-3-4-6-14(11)20-9-12-7-13(18)17(15(8-12)22-2)23-10-16(19)21/h7-8,11,14,20H,3-6,9-10H2,1-2H3,(H2,19,21). The minimum atomic E-state index is -0.555. The zero-order valence-corrected chi connectivity index (χ0v) is 14.5. The molecule has 5 nitrogen and oxygen atoms in total. The van der Waals surface area contributed by atoms with Gasteiger partial charge in [0.05, 0.1) is 12.1 Å². The molecular weight excluding hydrogens is 316 g/mol. The molecule has 2 rings (SSSR count). The smallest absolute Gasteiger partial charge is 0.255 e. The number of rotatable bonds is 7. The number of carbonyl (C=O) groups is 1. The molecule has 1 fully saturated rings. The number of hydrogen-bond donors (Lipinski definition) is 2. The van der Waals surface area contributed by atoms with E-state index in [1.165, 1.54) is 25.7 Å². The van der Waals surface area contributed by atoms with Gasteiger partial charge >= 0.3 is 0 Å². The molecule has 1 amide bonds. The zero-order chi connectivity index (χ0) is 16.8. The van der Waals surface area contributed by atoms with E-state index in [1.54, 1.807) is 7.11 Å². The highest BCUT2D eigenvalue weighted by Gasteiger charge is 2.21. The minimum Gasteiger partial charge on any atom is -0.493 e. The van der Waals surface area contributed by atoms with Crippen LogP contribution in [0.15, 0.2) is 12.1 Å². The van der Waals surface area contributed by atoms with Crippen molar-refractivity contribution in [1.29, 1.82) is 0 Å². The molecule has 3 N–H and O–H groups in total. The van der Waals surface area contributed by atoms with Crippen molar-refractivity contribution in [3.63, 3.8) is 0 Å². The Labute approximate surface area is 142 Å². The Morgan fingerprint density at radius 3 is 2.78 bits per heavy atom. The third-order valence-corrected chi connectivity index (χ3v) is 4.61. The van der Waals surface area contributed by atoms with Gasteiger partial charge in [0.15, 0.2) is 18.1 Å². The summed E-state index contributed by atoms with van der Waals surface area (Å²) in [5.74, 6) is 0.995. The van der Waals surface area contributed by atoms with E-state index in [4.69, 9.17) is 26.8 Å². The summed E-state index contributed by atoms with van der Waals surface area (Å²) < 4.78 is 10.7. The van der Waals surface area contributed by atoms with E-state index < -0.39 is 5.91 Å². The fourth-order valence-corrected chi connectivity index (χ4v) is 3.31. The molecule has 0 aromatic heterocycles. The van der Waals surface area contributed by atoms with Crippen molar-refractivity contribution >= 4 is 17.5 Å². The molecule has 23 heavy (non-hydrogen) atoms. The summed E-state index contributed by atoms with van der Waals surface area (Å²) in [7, 11) is 1.54. The Bertz CT molecular complexity index is 551. The number of hydrogen-bond acceptors (Lipinski definition) is 4. The number of methoxy groups -OCH3 is 1. The molecule has 128 valence electrons. The second kappa shape index (κ2) is 8.41. The van der Waals surface area contributed by atoms with Crippen LogP contribution in [-0.4, -0.2) is 25.7 Å². The largest absolute Gasteiger partial charge is 0.493 e. The first-order valence-corrected chi connectivity index (χ1v) is 8.40. The van der Waals surface area contributed by atoms with Gasteiger partial charge in [-0.15, -0.1) is 0 Å². The maximum absolute atomic E-state index is 10.9. The lowest BCUT2D eigenvalue weighted by Gasteiger charge is -2.29. The van der Waals surface area contributed by atoms with Crippen molar-refractivity contribution in [1.82, 2.24) is 5.32 Å². The summed E-state index contributed by atoms with van der Waals surface area (Å²) in [4.78, 5) is 10.9. The van der Waals surface area contributed by atoms with E-state index in [1.807, 2.05) is 12.1 Å². The molecule has 0 heterocycles. The number of halogens is 1. The summed E-state index contributed by atoms with van der Waals surface area (Å²) in [5.41, 5.74) is 6.12. The van der Waals surface area contributed by atoms with Crippen LogP contribution in [0.4, 0.5) is 0 Å². The second-order valence-electron chi connectivity index (χ2n) is 6.11. The first-order valence-electron chi connectivity index (χ1n) is 8.02. The van der Waals surface area contributed by atoms with Crippen molar-refractivity contribution in [3.8, 4) is 11.5 Å². The molecule has 0 bridgehead atoms. The number of benzene rings is 1. The average molecular weight is 341 g/mol. The van der Waals surface area contributed by atoms with Crippen LogP contribution < -0.4 is 20.5 Å². The number of amides is 1. The normalized spacial score (nSPS) is 21.0. The third-order valence-electron chi connectivity index (χ3n) is 4.33. The van der Waals surface area contributed by atoms with Gasteiger partial charge in [0.1, 0.15) is 0 Å². The van der Waals surface area contributed by atoms with E-state index in [0.29, 0.717) is 28.5 Å². The van der Waals surface area contributed by atoms with Gasteiger partial charge in [-0.2, -0.15) is 0 Å². The number of nitrogens with two attached hydrogens (primary N) is 1. The molecule has 1 aromatic rings. The van der Waals surface area contributed by atoms with E-state index in [-0.39, 0.29) is 6.61 Å². The summed E-state index contributed by atoms with van der Waals surface area (Å²) in [6.45, 7) is 2.79. The van der Waals surface area contributed by atoms with Gasteiger partial charge in [-0.05, 0) is 36.5 Å². The molecule has 1 saturated carbocycles. The van der Waals surface area contributed by atoms with Crippen molar-refractivity contribution in [2.75, 3.05) is 13.7 Å². The maximum Gasteiger partial charge on any atom is 0.255 e. The van der Waals surface area contributed by atoms with Crippen LogP contribution >= 0.6 is 11.6 Å². The van der Waals surface area contributed by atoms with Crippen molar-refractivity contribution in [2.24, 2.45) is 11.7 Å². The second-order valence-corrected chi connectivity index (χ2v) is 6.52. The lowest BCUT2D eigenvalue weighted by Crippen LogP contribution is -2.36. The summed E-state index contributed by atoms with van der Waals surface area (Å²) in [5, 5.41) is 4.02. The van der Waals surface area contributed by atoms with E-state index >= 15 is 0 Å². The van der Waals surface area contributed by atoms with Crippen LogP contribution in [0.25, 0.3) is 0 Å². The van der Waals surface area contributed by atoms with Crippen LogP contribution in [0, 0.1) is 5.92 Å². The van der Waals surface area contributed by atoms with Crippen molar-refractivity contribution < 1.29 is 14.3 Å². The van der Waals surface area contributed by atoms with Gasteiger partial charge in [-0.1, -0.05) is 31.4 Å². The minimum absolute atomic E-state index is 0.229. The Hall–Kier alpha value is -1.46. The van der Waals surface area contributed by atoms with Gasteiger partial charge in [0, 0.05) is 12.6 Å². The maximum atomic E-state index is 10.9. The molecule has 2 unspecified atom stereocenters. The van der Waals surface area contributed by atoms with Crippen LogP contribution in [0.5, 0.6) is 11.5 Å². The number of carbonyl (C=O) groups excluding carboxylic acids is 1. The lowest BCUT2D eigenvalue weighted by atomic mass is 9.86. The molecule has 1 aliphatic carbocycles. The predicted octanol–water partition coefficient (Wildman–Crippen LogP) is 2.88. The van der Waals surface area contributed by atoms with Crippen molar-refractivity contribution in [2.45, 2.75) is 45.2 Å². The topological polar surface area (TPSA) is 73.6 Å². The Balaban J connectivity index is 2.04. The molecule has 0 spiro atoms. The van der Waals surface area contributed by atoms with E-state index in [9.17, 15) is 4.79 Å². The molecule has 1 aliphatic rings. The molecule has 2 atom stereocenters. The van der Waals surface area contributed by atoms with Crippen LogP contribution in [0.3, 0.4) is 0 Å². The fraction of sp³-hybridized carbons (Fsp3) is 0.588. The number of nitrogens with one attached hydrogen (secondary N) is 1. The first kappa shape index (κ1) is 17.9. The molecule has 0 radical (unpaired) electrons. The van der Waals surface area contributed by atoms with Gasteiger partial charge in [0.25, 0.3) is 5.91 Å². The Morgan fingerprint density at radius 1 is 1.39 bits per heavy atom. The molecular formula is C17H25ClN2O3. The quantitative estimate of drug-likeness (QED) is 0.800. The monoisotopic (exact) mass is 340 g/mol. The third kappa shape index (κ3) is 5.01. The Morgan fingerprint density at radius 2 is 2.13 bits per heavy atom. The molecule has 6 heteroatoms. The first-order chi connectivity index (χ1) is 11.0. The van der Waals surface area contributed by atoms with Gasteiger partial charge in [-0.25, -0.2) is 0 Å². The Kier molecular flexibility index (Phi) is 6.54. The molecule has 0 saturated heterocycles. The van der Waals surface area contributed by atoms with Crippen LogP contribution in [0.2, 0.25) is 5.02 Å². The fourth-order valence-electron chi connectivity index (χ4n) is 3.03. The molecule has 1 aromatic carbocycles. The van der Waals surface area contributed by atoms with Gasteiger partial charge < -0.3 is 20.5 Å². The van der Waals surface area contributed by atoms with Gasteiger partial charge in [-0.3, -0.25) is 4.79 Å². The van der Waals surface area contributed by atoms with Crippen LogP contribution in [0.1, 0.15) is 38.2 Å². The number of ether oxygens (including phenoxy) is 2. The summed E-state index contributed by atoms with van der Waals surface area (Å²) in [6.07, 6.45) is 5.10. The predicted molar refractivity (Wildman–Crippen MR) is 91.0 cm³/mol. The highest BCUT2D eigenvalue weighted by atomic mass is 35.5. The van der Waals surface area contributed by atoms with Gasteiger partial charge in [0.2, 0.25) is 0 Å². The van der Waals surface area contributed by atoms with E-state index in [2.05, 4.69) is 12.2 Å². The highest BCUT2D eigenvalue weighted by Crippen LogP contribution is 2.36. The average Bonchev–Trinajstić information content (AvgIpc) is 2.52. The zero-order valence-electron chi connectivity index (χ0n) is 13.7. The van der Waals surface area contributed by atoms with Crippen LogP contribution in [-0.2, 0) is 11.3 Å². The molecule has 0 aliphatic heterocycles. The SMILES string of the molecule is COc1cc(CNC2CCCCC2C)cc(Cl)c1OCC(N)=O. The lowest BCUT2D eigenvalue weighted by molar-refractivity contribution is -0.119.